The number of carbonyl (C=O) groups excluding carboxylic acids is 1. The number of hydrogen-bond donors (Lipinski definition) is 0. The van der Waals surface area contributed by atoms with Gasteiger partial charge in [-0.15, -0.1) is 11.3 Å². The van der Waals surface area contributed by atoms with Crippen molar-refractivity contribution >= 4 is 38.9 Å². The third kappa shape index (κ3) is 2.96. The second-order valence-corrected chi connectivity index (χ2v) is 6.54. The quantitative estimate of drug-likeness (QED) is 0.859. The van der Waals surface area contributed by atoms with Crippen molar-refractivity contribution in [2.45, 2.75) is 6.10 Å². The minimum Gasteiger partial charge on any atom is -0.376 e. The van der Waals surface area contributed by atoms with Gasteiger partial charge in [-0.1, -0.05) is 17.7 Å². The molecule has 0 unspecified atom stereocenters. The summed E-state index contributed by atoms with van der Waals surface area (Å²) in [5, 5.41) is 0.485. The van der Waals surface area contributed by atoms with E-state index in [1.807, 2.05) is 0 Å². The first-order valence-corrected chi connectivity index (χ1v) is 8.08. The summed E-state index contributed by atoms with van der Waals surface area (Å²) in [7, 11) is 1.68. The molecule has 1 aromatic heterocycles. The number of halogens is 2. The van der Waals surface area contributed by atoms with Crippen LogP contribution in [0.25, 0.3) is 10.1 Å². The number of ether oxygens (including phenoxy) is 2. The molecule has 0 saturated carbocycles. The fraction of sp³-hybridized carbons (Fsp3) is 0.400. The summed E-state index contributed by atoms with van der Waals surface area (Å²) in [6.07, 6.45) is -0.146. The zero-order chi connectivity index (χ0) is 15.7. The van der Waals surface area contributed by atoms with Gasteiger partial charge in [-0.25, -0.2) is 4.39 Å². The Labute approximate surface area is 136 Å². The molecule has 0 bridgehead atoms. The zero-order valence-corrected chi connectivity index (χ0v) is 13.5. The van der Waals surface area contributed by atoms with Crippen LogP contribution < -0.4 is 0 Å². The molecular weight excluding hydrogens is 329 g/mol. The molecule has 0 radical (unpaired) electrons. The Balaban J connectivity index is 1.82. The van der Waals surface area contributed by atoms with Crippen LogP contribution in [0.2, 0.25) is 5.02 Å². The monoisotopic (exact) mass is 343 g/mol. The van der Waals surface area contributed by atoms with E-state index in [1.165, 1.54) is 22.3 Å². The van der Waals surface area contributed by atoms with E-state index < -0.39 is 5.82 Å². The van der Waals surface area contributed by atoms with Gasteiger partial charge in [0.1, 0.15) is 10.7 Å². The number of benzene rings is 1. The van der Waals surface area contributed by atoms with Gasteiger partial charge in [-0.05, 0) is 12.1 Å². The molecular formula is C15H15ClFNO3S. The maximum Gasteiger partial charge on any atom is 0.265 e. The van der Waals surface area contributed by atoms with Crippen LogP contribution in [0.3, 0.4) is 0 Å². The Morgan fingerprint density at radius 3 is 3.00 bits per heavy atom. The van der Waals surface area contributed by atoms with Gasteiger partial charge < -0.3 is 14.4 Å². The lowest BCUT2D eigenvalue weighted by molar-refractivity contribution is -0.0933. The average molecular weight is 344 g/mol. The van der Waals surface area contributed by atoms with Crippen molar-refractivity contribution < 1.29 is 18.7 Å². The maximum absolute atomic E-state index is 13.9. The van der Waals surface area contributed by atoms with Gasteiger partial charge in [0.25, 0.3) is 5.91 Å². The second-order valence-electron chi connectivity index (χ2n) is 5.11. The summed E-state index contributed by atoms with van der Waals surface area (Å²) in [5.41, 5.74) is 0. The van der Waals surface area contributed by atoms with Crippen molar-refractivity contribution in [3.05, 3.63) is 33.9 Å². The van der Waals surface area contributed by atoms with Gasteiger partial charge in [0.05, 0.1) is 30.9 Å². The number of nitrogens with zero attached hydrogens (tertiary/aromatic N) is 1. The first-order valence-electron chi connectivity index (χ1n) is 6.89. The third-order valence-electron chi connectivity index (χ3n) is 3.51. The van der Waals surface area contributed by atoms with Crippen molar-refractivity contribution in [2.24, 2.45) is 0 Å². The van der Waals surface area contributed by atoms with Gasteiger partial charge in [-0.2, -0.15) is 0 Å². The highest BCUT2D eigenvalue weighted by Gasteiger charge is 2.25. The minimum atomic E-state index is -0.413. The number of carbonyl (C=O) groups is 1. The highest BCUT2D eigenvalue weighted by Crippen LogP contribution is 2.37. The van der Waals surface area contributed by atoms with E-state index in [0.29, 0.717) is 41.3 Å². The van der Waals surface area contributed by atoms with Crippen LogP contribution in [0.15, 0.2) is 18.2 Å². The van der Waals surface area contributed by atoms with E-state index in [-0.39, 0.29) is 17.0 Å². The van der Waals surface area contributed by atoms with Gasteiger partial charge >= 0.3 is 0 Å². The molecule has 0 aliphatic carbocycles. The molecule has 1 amide bonds. The molecule has 1 saturated heterocycles. The molecule has 1 aromatic carbocycles. The molecule has 1 atom stereocenters. The topological polar surface area (TPSA) is 38.8 Å². The predicted octanol–water partition coefficient (Wildman–Crippen LogP) is 3.18. The summed E-state index contributed by atoms with van der Waals surface area (Å²) < 4.78 is 25.4. The summed E-state index contributed by atoms with van der Waals surface area (Å²) >= 11 is 7.41. The summed E-state index contributed by atoms with van der Waals surface area (Å²) in [6, 6.07) is 4.70. The first kappa shape index (κ1) is 15.7. The van der Waals surface area contributed by atoms with Crippen LogP contribution in [-0.4, -0.2) is 50.3 Å². The highest BCUT2D eigenvalue weighted by molar-refractivity contribution is 7.21. The number of fused-ring (bicyclic) bond motifs is 1. The third-order valence-corrected chi connectivity index (χ3v) is 5.14. The molecule has 22 heavy (non-hydrogen) atoms. The van der Waals surface area contributed by atoms with Crippen LogP contribution in [0, 0.1) is 5.82 Å². The van der Waals surface area contributed by atoms with Gasteiger partial charge in [0.15, 0.2) is 0 Å². The lowest BCUT2D eigenvalue weighted by atomic mass is 10.2. The van der Waals surface area contributed by atoms with Crippen molar-refractivity contribution in [2.75, 3.05) is 33.4 Å². The van der Waals surface area contributed by atoms with E-state index in [2.05, 4.69) is 0 Å². The van der Waals surface area contributed by atoms with Gasteiger partial charge in [-0.3, -0.25) is 4.79 Å². The molecule has 2 heterocycles. The van der Waals surface area contributed by atoms with Crippen molar-refractivity contribution in [3.63, 3.8) is 0 Å². The zero-order valence-electron chi connectivity index (χ0n) is 12.0. The molecule has 1 fully saturated rings. The van der Waals surface area contributed by atoms with E-state index >= 15 is 0 Å². The molecule has 0 N–H and O–H groups in total. The molecule has 4 nitrogen and oxygen atoms in total. The van der Waals surface area contributed by atoms with Gasteiger partial charge in [0, 0.05) is 23.7 Å². The molecule has 1 aliphatic rings. The number of hydrogen-bond acceptors (Lipinski definition) is 4. The normalized spacial score (nSPS) is 18.6. The predicted molar refractivity (Wildman–Crippen MR) is 84.3 cm³/mol. The smallest absolute Gasteiger partial charge is 0.265 e. The summed E-state index contributed by atoms with van der Waals surface area (Å²) in [6.45, 7) is 1.98. The number of likely N-dealkylation sites (N-methyl/N-ethyl adjacent to an activating group) is 1. The minimum absolute atomic E-state index is 0.146. The van der Waals surface area contributed by atoms with E-state index in [4.69, 9.17) is 21.1 Å². The SMILES string of the molecule is CN(C[C@H]1COCCO1)C(=O)c1sc2cccc(F)c2c1Cl. The summed E-state index contributed by atoms with van der Waals surface area (Å²) in [5.74, 6) is -0.649. The van der Waals surface area contributed by atoms with Crippen LogP contribution in [0.4, 0.5) is 4.39 Å². The van der Waals surface area contributed by atoms with Crippen molar-refractivity contribution in [1.29, 1.82) is 0 Å². The van der Waals surface area contributed by atoms with E-state index in [9.17, 15) is 9.18 Å². The molecule has 7 heteroatoms. The number of thiophene rings is 1. The van der Waals surface area contributed by atoms with Crippen molar-refractivity contribution in [1.82, 2.24) is 4.90 Å². The largest absolute Gasteiger partial charge is 0.376 e. The van der Waals surface area contributed by atoms with Crippen molar-refractivity contribution in [3.8, 4) is 0 Å². The molecule has 1 aliphatic heterocycles. The lowest BCUT2D eigenvalue weighted by Crippen LogP contribution is -2.40. The van der Waals surface area contributed by atoms with Crippen LogP contribution in [0.1, 0.15) is 9.67 Å². The fourth-order valence-electron chi connectivity index (χ4n) is 2.41. The Kier molecular flexibility index (Phi) is 4.63. The second kappa shape index (κ2) is 6.50. The maximum atomic E-state index is 13.9. The Hall–Kier alpha value is -1.21. The molecule has 3 rings (SSSR count). The van der Waals surface area contributed by atoms with E-state index in [1.54, 1.807) is 19.2 Å². The molecule has 0 spiro atoms. The Morgan fingerprint density at radius 2 is 2.32 bits per heavy atom. The average Bonchev–Trinajstić information content (AvgIpc) is 2.86. The van der Waals surface area contributed by atoms with E-state index in [0.717, 1.165) is 0 Å². The standard InChI is InChI=1S/C15H15ClFNO3S/c1-18(7-9-8-20-5-6-21-9)15(19)14-13(16)12-10(17)3-2-4-11(12)22-14/h2-4,9H,5-8H2,1H3/t9-/m0/s1. The first-order chi connectivity index (χ1) is 10.6. The fourth-order valence-corrected chi connectivity index (χ4v) is 3.96. The Bertz CT molecular complexity index is 699. The Morgan fingerprint density at radius 1 is 1.50 bits per heavy atom. The lowest BCUT2D eigenvalue weighted by Gasteiger charge is -2.27. The highest BCUT2D eigenvalue weighted by atomic mass is 35.5. The van der Waals surface area contributed by atoms with Crippen LogP contribution >= 0.6 is 22.9 Å². The molecule has 2 aromatic rings. The number of amides is 1. The molecule has 118 valence electrons. The number of rotatable bonds is 3. The van der Waals surface area contributed by atoms with Crippen LogP contribution in [0.5, 0.6) is 0 Å². The van der Waals surface area contributed by atoms with Gasteiger partial charge in [0.2, 0.25) is 0 Å². The summed E-state index contributed by atoms with van der Waals surface area (Å²) in [4.78, 5) is 14.4. The van der Waals surface area contributed by atoms with Crippen LogP contribution in [-0.2, 0) is 9.47 Å².